The fraction of sp³-hybridized carbons (Fsp3) is 0.750. The highest BCUT2D eigenvalue weighted by atomic mass is 35.5. The predicted octanol–water partition coefficient (Wildman–Crippen LogP) is 3.05. The molecule has 1 N–H and O–H groups in total. The third-order valence-corrected chi connectivity index (χ3v) is 8.17. The number of likely N-dealkylation sites (tertiary alicyclic amines) is 1. The van der Waals surface area contributed by atoms with Crippen LogP contribution in [0.1, 0.15) is 51.9 Å². The maximum Gasteiger partial charge on any atom is 0.230 e. The Morgan fingerprint density at radius 3 is 2.59 bits per heavy atom. The van der Waals surface area contributed by atoms with Gasteiger partial charge >= 0.3 is 0 Å². The summed E-state index contributed by atoms with van der Waals surface area (Å²) in [4.78, 5) is 40.9. The molecule has 34 heavy (non-hydrogen) atoms. The molecule has 10 heteroatoms. The van der Waals surface area contributed by atoms with Gasteiger partial charge in [-0.05, 0) is 45.7 Å². The number of rotatable bonds is 8. The van der Waals surface area contributed by atoms with Gasteiger partial charge in [-0.1, -0.05) is 42.6 Å². The molecule has 188 valence electrons. The molecule has 0 aromatic carbocycles. The van der Waals surface area contributed by atoms with Crippen LogP contribution in [0, 0.1) is 5.92 Å². The maximum absolute atomic E-state index is 13.0. The number of anilines is 1. The second kappa shape index (κ2) is 12.4. The fourth-order valence-corrected chi connectivity index (χ4v) is 6.14. The van der Waals surface area contributed by atoms with Crippen LogP contribution in [0.5, 0.6) is 0 Å². The molecule has 3 fully saturated rings. The summed E-state index contributed by atoms with van der Waals surface area (Å²) in [5.41, 5.74) is 0. The van der Waals surface area contributed by atoms with Crippen LogP contribution in [0.4, 0.5) is 5.82 Å². The minimum atomic E-state index is -0.0159. The van der Waals surface area contributed by atoms with Crippen molar-refractivity contribution in [3.63, 3.8) is 0 Å². The Labute approximate surface area is 212 Å². The van der Waals surface area contributed by atoms with Gasteiger partial charge in [0, 0.05) is 50.7 Å². The van der Waals surface area contributed by atoms with E-state index in [4.69, 9.17) is 11.6 Å². The SMILES string of the molecule is CC1CN(c2cc(Cl)nc(SCC(=O)NCCN3CCCC3)n2)CCN1C(=O)C1CCCCC1. The molecule has 1 aliphatic carbocycles. The van der Waals surface area contributed by atoms with Gasteiger partial charge in [-0.25, -0.2) is 9.97 Å². The molecule has 2 amide bonds. The molecular weight excluding hydrogens is 472 g/mol. The molecule has 2 saturated heterocycles. The van der Waals surface area contributed by atoms with E-state index in [1.165, 1.54) is 43.9 Å². The molecule has 8 nitrogen and oxygen atoms in total. The van der Waals surface area contributed by atoms with E-state index in [-0.39, 0.29) is 23.6 Å². The molecule has 1 aromatic rings. The first-order chi connectivity index (χ1) is 16.5. The van der Waals surface area contributed by atoms with Crippen molar-refractivity contribution in [2.24, 2.45) is 5.92 Å². The average Bonchev–Trinajstić information content (AvgIpc) is 3.36. The minimum absolute atomic E-state index is 0.0159. The number of thioether (sulfide) groups is 1. The number of halogens is 1. The van der Waals surface area contributed by atoms with Crippen molar-refractivity contribution in [2.45, 2.75) is 63.1 Å². The number of amides is 2. The van der Waals surface area contributed by atoms with Crippen molar-refractivity contribution >= 4 is 41.0 Å². The van der Waals surface area contributed by atoms with Crippen LogP contribution in [0.25, 0.3) is 0 Å². The van der Waals surface area contributed by atoms with E-state index >= 15 is 0 Å². The summed E-state index contributed by atoms with van der Waals surface area (Å²) in [7, 11) is 0. The monoisotopic (exact) mass is 508 g/mol. The van der Waals surface area contributed by atoms with Gasteiger partial charge in [0.25, 0.3) is 0 Å². The van der Waals surface area contributed by atoms with Gasteiger partial charge in [-0.2, -0.15) is 0 Å². The van der Waals surface area contributed by atoms with Crippen molar-refractivity contribution in [1.29, 1.82) is 0 Å². The van der Waals surface area contributed by atoms with Crippen LogP contribution in [-0.4, -0.2) is 89.2 Å². The van der Waals surface area contributed by atoms with Gasteiger partial charge < -0.3 is 20.0 Å². The summed E-state index contributed by atoms with van der Waals surface area (Å²) in [6, 6.07) is 1.89. The van der Waals surface area contributed by atoms with Crippen molar-refractivity contribution < 1.29 is 9.59 Å². The molecule has 0 radical (unpaired) electrons. The smallest absolute Gasteiger partial charge is 0.230 e. The second-order valence-corrected chi connectivity index (χ2v) is 11.0. The van der Waals surface area contributed by atoms with Crippen molar-refractivity contribution in [3.05, 3.63) is 11.2 Å². The van der Waals surface area contributed by atoms with Crippen LogP contribution in [0.15, 0.2) is 11.2 Å². The number of hydrogen-bond donors (Lipinski definition) is 1. The van der Waals surface area contributed by atoms with Crippen LogP contribution >= 0.6 is 23.4 Å². The Kier molecular flexibility index (Phi) is 9.31. The number of nitrogens with zero attached hydrogens (tertiary/aromatic N) is 5. The van der Waals surface area contributed by atoms with Crippen LogP contribution in [0.2, 0.25) is 5.15 Å². The summed E-state index contributed by atoms with van der Waals surface area (Å²) >= 11 is 7.60. The van der Waals surface area contributed by atoms with E-state index in [1.54, 1.807) is 6.07 Å². The summed E-state index contributed by atoms with van der Waals surface area (Å²) < 4.78 is 0. The number of nitrogens with one attached hydrogen (secondary N) is 1. The molecule has 0 bridgehead atoms. The number of carbonyl (C=O) groups is 2. The van der Waals surface area contributed by atoms with Crippen LogP contribution in [-0.2, 0) is 9.59 Å². The fourth-order valence-electron chi connectivity index (χ4n) is 5.23. The van der Waals surface area contributed by atoms with E-state index in [0.29, 0.717) is 35.9 Å². The molecule has 2 aliphatic heterocycles. The maximum atomic E-state index is 13.0. The lowest BCUT2D eigenvalue weighted by Crippen LogP contribution is -2.55. The van der Waals surface area contributed by atoms with Gasteiger partial charge in [-0.15, -0.1) is 0 Å². The first-order valence-electron chi connectivity index (χ1n) is 12.7. The highest BCUT2D eigenvalue weighted by Gasteiger charge is 2.33. The molecule has 1 unspecified atom stereocenters. The van der Waals surface area contributed by atoms with E-state index in [0.717, 1.165) is 44.8 Å². The highest BCUT2D eigenvalue weighted by Crippen LogP contribution is 2.28. The van der Waals surface area contributed by atoms with Gasteiger partial charge in [0.2, 0.25) is 11.8 Å². The Morgan fingerprint density at radius 1 is 1.09 bits per heavy atom. The Morgan fingerprint density at radius 2 is 1.85 bits per heavy atom. The quantitative estimate of drug-likeness (QED) is 0.328. The van der Waals surface area contributed by atoms with Gasteiger partial charge in [-0.3, -0.25) is 9.59 Å². The Hall–Kier alpha value is -1.58. The standard InChI is InChI=1S/C24H37ClN6O2S/c1-18-16-30(13-14-31(18)23(33)19-7-3-2-4-8-19)21-15-20(25)27-24(28-21)34-17-22(32)26-9-12-29-10-5-6-11-29/h15,18-19H,2-14,16-17H2,1H3,(H,26,32). The normalized spacial score (nSPS) is 22.2. The van der Waals surface area contributed by atoms with Crippen molar-refractivity contribution in [1.82, 2.24) is 25.1 Å². The zero-order valence-electron chi connectivity index (χ0n) is 20.2. The second-order valence-electron chi connectivity index (χ2n) is 9.68. The predicted molar refractivity (Wildman–Crippen MR) is 136 cm³/mol. The lowest BCUT2D eigenvalue weighted by atomic mass is 9.88. The third kappa shape index (κ3) is 6.98. The molecule has 1 aromatic heterocycles. The Bertz CT molecular complexity index is 847. The third-order valence-electron chi connectivity index (χ3n) is 7.13. The van der Waals surface area contributed by atoms with E-state index < -0.39 is 0 Å². The molecule has 3 aliphatic rings. The number of aromatic nitrogens is 2. The highest BCUT2D eigenvalue weighted by molar-refractivity contribution is 7.99. The lowest BCUT2D eigenvalue weighted by molar-refractivity contribution is -0.139. The molecule has 1 atom stereocenters. The molecule has 3 heterocycles. The topological polar surface area (TPSA) is 81.7 Å². The van der Waals surface area contributed by atoms with E-state index in [1.807, 2.05) is 0 Å². The van der Waals surface area contributed by atoms with Crippen LogP contribution in [0.3, 0.4) is 0 Å². The zero-order chi connectivity index (χ0) is 23.9. The summed E-state index contributed by atoms with van der Waals surface area (Å²) in [6.45, 7) is 8.07. The van der Waals surface area contributed by atoms with Gasteiger partial charge in [0.05, 0.1) is 5.75 Å². The summed E-state index contributed by atoms with van der Waals surface area (Å²) in [5.74, 6) is 1.52. The molecular formula is C24H37ClN6O2S. The average molecular weight is 509 g/mol. The number of hydrogen-bond acceptors (Lipinski definition) is 7. The minimum Gasteiger partial charge on any atom is -0.354 e. The number of carbonyl (C=O) groups excluding carboxylic acids is 2. The van der Waals surface area contributed by atoms with E-state index in [9.17, 15) is 9.59 Å². The van der Waals surface area contributed by atoms with Crippen molar-refractivity contribution in [2.75, 3.05) is 56.5 Å². The summed E-state index contributed by atoms with van der Waals surface area (Å²) in [6.07, 6.45) is 8.15. The van der Waals surface area contributed by atoms with Gasteiger partial charge in [0.15, 0.2) is 5.16 Å². The largest absolute Gasteiger partial charge is 0.354 e. The van der Waals surface area contributed by atoms with Gasteiger partial charge in [0.1, 0.15) is 11.0 Å². The van der Waals surface area contributed by atoms with E-state index in [2.05, 4.69) is 36.9 Å². The van der Waals surface area contributed by atoms with Crippen molar-refractivity contribution in [3.8, 4) is 0 Å². The Balaban J connectivity index is 1.27. The first kappa shape index (κ1) is 25.5. The molecule has 4 rings (SSSR count). The molecule has 0 spiro atoms. The molecule has 1 saturated carbocycles. The zero-order valence-corrected chi connectivity index (χ0v) is 21.7. The summed E-state index contributed by atoms with van der Waals surface area (Å²) in [5, 5.41) is 3.86. The first-order valence-corrected chi connectivity index (χ1v) is 14.1. The van der Waals surface area contributed by atoms with Crippen LogP contribution < -0.4 is 10.2 Å². The number of piperazine rings is 1. The lowest BCUT2D eigenvalue weighted by Gasteiger charge is -2.42.